The highest BCUT2D eigenvalue weighted by molar-refractivity contribution is 5.38. The van der Waals surface area contributed by atoms with Gasteiger partial charge in [0.1, 0.15) is 17.9 Å². The van der Waals surface area contributed by atoms with Crippen LogP contribution in [0.15, 0.2) is 30.6 Å². The van der Waals surface area contributed by atoms with Gasteiger partial charge in [-0.3, -0.25) is 4.68 Å². The van der Waals surface area contributed by atoms with Gasteiger partial charge in [0.2, 0.25) is 0 Å². The second-order valence-corrected chi connectivity index (χ2v) is 5.45. The molecule has 2 aromatic rings. The Balaban J connectivity index is 1.77. The van der Waals surface area contributed by atoms with Crippen molar-refractivity contribution in [2.75, 3.05) is 6.61 Å². The van der Waals surface area contributed by atoms with Crippen molar-refractivity contribution in [1.29, 1.82) is 0 Å². The van der Waals surface area contributed by atoms with Crippen LogP contribution in [0, 0.1) is 0 Å². The fourth-order valence-electron chi connectivity index (χ4n) is 2.94. The lowest BCUT2D eigenvalue weighted by Gasteiger charge is -2.29. The van der Waals surface area contributed by atoms with Crippen LogP contribution in [0.1, 0.15) is 37.1 Å². The molecule has 1 N–H and O–H groups in total. The topological polar surface area (TPSA) is 60.2 Å². The zero-order valence-electron chi connectivity index (χ0n) is 12.3. The zero-order chi connectivity index (χ0) is 14.7. The predicted molar refractivity (Wildman–Crippen MR) is 79.3 cm³/mol. The number of fused-ring (bicyclic) bond motifs is 1. The van der Waals surface area contributed by atoms with Crippen molar-refractivity contribution >= 4 is 0 Å². The summed E-state index contributed by atoms with van der Waals surface area (Å²) in [5.74, 6) is 1.85. The van der Waals surface area contributed by atoms with E-state index in [4.69, 9.17) is 4.74 Å². The Bertz CT molecular complexity index is 597. The first-order valence-electron chi connectivity index (χ1n) is 7.56. The summed E-state index contributed by atoms with van der Waals surface area (Å²) in [4.78, 5) is 4.29. The molecule has 2 unspecified atom stereocenters. The lowest BCUT2D eigenvalue weighted by molar-refractivity contribution is 0.113. The summed E-state index contributed by atoms with van der Waals surface area (Å²) in [6.45, 7) is 3.60. The summed E-state index contributed by atoms with van der Waals surface area (Å²) in [7, 11) is 0. The second kappa shape index (κ2) is 6.26. The van der Waals surface area contributed by atoms with Crippen LogP contribution in [0.25, 0.3) is 0 Å². The average Bonchev–Trinajstić information content (AvgIpc) is 2.94. The van der Waals surface area contributed by atoms with Crippen LogP contribution >= 0.6 is 0 Å². The predicted octanol–water partition coefficient (Wildman–Crippen LogP) is 2.16. The fraction of sp³-hybridized carbons (Fsp3) is 0.500. The minimum atomic E-state index is -0.463. The van der Waals surface area contributed by atoms with Gasteiger partial charge in [-0.1, -0.05) is 25.1 Å². The largest absolute Gasteiger partial charge is 0.493 e. The molecule has 0 radical (unpaired) electrons. The molecule has 1 aromatic carbocycles. The van der Waals surface area contributed by atoms with Crippen molar-refractivity contribution in [1.82, 2.24) is 14.8 Å². The maximum atomic E-state index is 10.6. The van der Waals surface area contributed by atoms with Crippen LogP contribution in [0.5, 0.6) is 5.75 Å². The quantitative estimate of drug-likeness (QED) is 0.915. The molecule has 0 fully saturated rings. The van der Waals surface area contributed by atoms with Crippen molar-refractivity contribution in [2.24, 2.45) is 0 Å². The van der Waals surface area contributed by atoms with Crippen LogP contribution in [0.3, 0.4) is 0 Å². The highest BCUT2D eigenvalue weighted by atomic mass is 16.5. The Kier molecular flexibility index (Phi) is 4.20. The second-order valence-electron chi connectivity index (χ2n) is 5.45. The van der Waals surface area contributed by atoms with Gasteiger partial charge in [0.25, 0.3) is 0 Å². The van der Waals surface area contributed by atoms with Gasteiger partial charge in [0.05, 0.1) is 12.7 Å². The Hall–Kier alpha value is -1.88. The summed E-state index contributed by atoms with van der Waals surface area (Å²) in [6.07, 6.45) is 3.47. The smallest absolute Gasteiger partial charge is 0.138 e. The average molecular weight is 287 g/mol. The molecule has 1 aliphatic rings. The van der Waals surface area contributed by atoms with E-state index in [2.05, 4.69) is 17.0 Å². The third kappa shape index (κ3) is 2.93. The molecule has 0 amide bonds. The number of ether oxygens (including phenoxy) is 1. The minimum Gasteiger partial charge on any atom is -0.493 e. The number of hydrogen-bond donors (Lipinski definition) is 1. The molecule has 2 heterocycles. The Labute approximate surface area is 124 Å². The number of aryl methyl sites for hydroxylation is 1. The molecule has 5 nitrogen and oxygen atoms in total. The van der Waals surface area contributed by atoms with E-state index in [9.17, 15) is 5.11 Å². The first-order valence-corrected chi connectivity index (χ1v) is 7.56. The van der Waals surface area contributed by atoms with Crippen LogP contribution in [0.4, 0.5) is 0 Å². The zero-order valence-corrected chi connectivity index (χ0v) is 12.3. The summed E-state index contributed by atoms with van der Waals surface area (Å²) < 4.78 is 7.54. The molecule has 0 saturated carbocycles. The van der Waals surface area contributed by atoms with Gasteiger partial charge >= 0.3 is 0 Å². The Morgan fingerprint density at radius 1 is 1.43 bits per heavy atom. The lowest BCUT2D eigenvalue weighted by atomic mass is 9.87. The van der Waals surface area contributed by atoms with E-state index in [1.54, 1.807) is 6.33 Å². The molecule has 5 heteroatoms. The summed E-state index contributed by atoms with van der Waals surface area (Å²) in [6, 6.07) is 7.96. The van der Waals surface area contributed by atoms with Gasteiger partial charge in [0.15, 0.2) is 0 Å². The normalized spacial score (nSPS) is 18.9. The summed E-state index contributed by atoms with van der Waals surface area (Å²) in [5, 5.41) is 14.9. The molecule has 1 aromatic heterocycles. The maximum absolute atomic E-state index is 10.6. The van der Waals surface area contributed by atoms with Crippen LogP contribution in [-0.4, -0.2) is 32.6 Å². The van der Waals surface area contributed by atoms with Crippen LogP contribution < -0.4 is 4.74 Å². The summed E-state index contributed by atoms with van der Waals surface area (Å²) in [5.41, 5.74) is 1.10. The molecule has 0 bridgehead atoms. The number of rotatable bonds is 5. The standard InChI is InChI=1S/C16H21N3O2/c1-2-8-19-16(17-11-18-19)10-14(20)12-7-9-21-15-6-4-3-5-13(12)15/h3-6,11-12,14,20H,2,7-10H2,1H3. The molecule has 0 saturated heterocycles. The van der Waals surface area contributed by atoms with E-state index < -0.39 is 6.10 Å². The van der Waals surface area contributed by atoms with Gasteiger partial charge in [-0.05, 0) is 24.5 Å². The number of aliphatic hydroxyl groups excluding tert-OH is 1. The SMILES string of the molecule is CCCn1ncnc1CC(O)C1CCOc2ccccc21. The van der Waals surface area contributed by atoms with Crippen molar-refractivity contribution in [3.63, 3.8) is 0 Å². The molecule has 2 atom stereocenters. The first-order chi connectivity index (χ1) is 10.3. The van der Waals surface area contributed by atoms with Gasteiger partial charge in [-0.15, -0.1) is 0 Å². The Morgan fingerprint density at radius 2 is 2.29 bits per heavy atom. The van der Waals surface area contributed by atoms with E-state index in [0.29, 0.717) is 13.0 Å². The van der Waals surface area contributed by atoms with E-state index in [0.717, 1.165) is 36.5 Å². The number of hydrogen-bond acceptors (Lipinski definition) is 4. The van der Waals surface area contributed by atoms with Gasteiger partial charge in [-0.2, -0.15) is 5.10 Å². The van der Waals surface area contributed by atoms with E-state index in [-0.39, 0.29) is 5.92 Å². The molecule has 3 rings (SSSR count). The van der Waals surface area contributed by atoms with Crippen molar-refractivity contribution in [2.45, 2.75) is 44.8 Å². The summed E-state index contributed by atoms with van der Waals surface area (Å²) >= 11 is 0. The lowest BCUT2D eigenvalue weighted by Crippen LogP contribution is -2.28. The number of aromatic nitrogens is 3. The number of nitrogens with zero attached hydrogens (tertiary/aromatic N) is 3. The van der Waals surface area contributed by atoms with Crippen LogP contribution in [0.2, 0.25) is 0 Å². The molecular weight excluding hydrogens is 266 g/mol. The van der Waals surface area contributed by atoms with E-state index in [1.807, 2.05) is 28.9 Å². The number of benzene rings is 1. The highest BCUT2D eigenvalue weighted by Crippen LogP contribution is 2.36. The van der Waals surface area contributed by atoms with Crippen molar-refractivity contribution < 1.29 is 9.84 Å². The van der Waals surface area contributed by atoms with E-state index >= 15 is 0 Å². The third-order valence-electron chi connectivity index (χ3n) is 3.99. The fourth-order valence-corrected chi connectivity index (χ4v) is 2.94. The van der Waals surface area contributed by atoms with Crippen molar-refractivity contribution in [3.05, 3.63) is 42.0 Å². The Morgan fingerprint density at radius 3 is 3.14 bits per heavy atom. The first kappa shape index (κ1) is 14.1. The molecule has 0 aliphatic carbocycles. The third-order valence-corrected chi connectivity index (χ3v) is 3.99. The monoisotopic (exact) mass is 287 g/mol. The van der Waals surface area contributed by atoms with Gasteiger partial charge in [0, 0.05) is 18.9 Å². The van der Waals surface area contributed by atoms with E-state index in [1.165, 1.54) is 0 Å². The molecule has 112 valence electrons. The van der Waals surface area contributed by atoms with Crippen molar-refractivity contribution in [3.8, 4) is 5.75 Å². The minimum absolute atomic E-state index is 0.0988. The molecule has 21 heavy (non-hydrogen) atoms. The number of para-hydroxylation sites is 1. The molecular formula is C16H21N3O2. The maximum Gasteiger partial charge on any atom is 0.138 e. The van der Waals surface area contributed by atoms with Gasteiger partial charge in [-0.25, -0.2) is 4.98 Å². The highest BCUT2D eigenvalue weighted by Gasteiger charge is 2.28. The van der Waals surface area contributed by atoms with Crippen LogP contribution in [-0.2, 0) is 13.0 Å². The van der Waals surface area contributed by atoms with Gasteiger partial charge < -0.3 is 9.84 Å². The molecule has 1 aliphatic heterocycles. The number of aliphatic hydroxyl groups is 1. The molecule has 0 spiro atoms.